The number of benzene rings is 1. The third kappa shape index (κ3) is 2.84. The summed E-state index contributed by atoms with van der Waals surface area (Å²) in [5, 5.41) is 0.212. The van der Waals surface area contributed by atoms with Gasteiger partial charge in [0.25, 0.3) is 15.9 Å². The van der Waals surface area contributed by atoms with Crippen LogP contribution in [0.3, 0.4) is 0 Å². The summed E-state index contributed by atoms with van der Waals surface area (Å²) in [6, 6.07) is 2.48. The number of halogens is 2. The van der Waals surface area contributed by atoms with Crippen molar-refractivity contribution in [3.63, 3.8) is 0 Å². The second-order valence-corrected chi connectivity index (χ2v) is 6.96. The lowest BCUT2D eigenvalue weighted by molar-refractivity contribution is -0.130. The number of rotatable bonds is 3. The Labute approximate surface area is 131 Å². The third-order valence-corrected chi connectivity index (χ3v) is 5.62. The van der Waals surface area contributed by atoms with Gasteiger partial charge in [-0.3, -0.25) is 15.0 Å². The molecule has 1 unspecified atom stereocenters. The summed E-state index contributed by atoms with van der Waals surface area (Å²) in [6.07, 6.45) is 0.0149. The standard InChI is InChI=1S/C11H11Cl2N3O4S/c12-7-2-1-6(5-8(7)13)21(19,20)16-9(11(18)15-14)3-4-10(16)17/h1-2,5,9H,3-4,14H2,(H,15,18). The number of sulfonamides is 1. The van der Waals surface area contributed by atoms with Crippen LogP contribution in [0.15, 0.2) is 23.1 Å². The molecule has 1 atom stereocenters. The summed E-state index contributed by atoms with van der Waals surface area (Å²) in [6.45, 7) is 0. The van der Waals surface area contributed by atoms with Crippen molar-refractivity contribution in [3.05, 3.63) is 28.2 Å². The largest absolute Gasteiger partial charge is 0.292 e. The number of carbonyl (C=O) groups excluding carboxylic acids is 2. The smallest absolute Gasteiger partial charge is 0.267 e. The summed E-state index contributed by atoms with van der Waals surface area (Å²) in [5.74, 6) is 3.60. The maximum atomic E-state index is 12.5. The quantitative estimate of drug-likeness (QED) is 0.472. The molecule has 0 bridgehead atoms. The van der Waals surface area contributed by atoms with Crippen molar-refractivity contribution in [1.82, 2.24) is 9.73 Å². The number of nitrogens with zero attached hydrogens (tertiary/aromatic N) is 1. The molecule has 1 fully saturated rings. The Hall–Kier alpha value is -1.35. The van der Waals surface area contributed by atoms with Gasteiger partial charge in [-0.15, -0.1) is 0 Å². The average Bonchev–Trinajstić information content (AvgIpc) is 2.83. The summed E-state index contributed by atoms with van der Waals surface area (Å²) < 4.78 is 25.6. The average molecular weight is 352 g/mol. The monoisotopic (exact) mass is 351 g/mol. The molecular formula is C11H11Cl2N3O4S. The lowest BCUT2D eigenvalue weighted by Crippen LogP contribution is -2.49. The number of hydrogen-bond donors (Lipinski definition) is 2. The van der Waals surface area contributed by atoms with E-state index in [0.29, 0.717) is 4.31 Å². The van der Waals surface area contributed by atoms with Crippen LogP contribution in [-0.2, 0) is 19.6 Å². The number of hydrazine groups is 1. The van der Waals surface area contributed by atoms with E-state index in [2.05, 4.69) is 0 Å². The molecule has 1 heterocycles. The second-order valence-electron chi connectivity index (χ2n) is 4.33. The zero-order chi connectivity index (χ0) is 15.8. The fraction of sp³-hybridized carbons (Fsp3) is 0.273. The summed E-state index contributed by atoms with van der Waals surface area (Å²) >= 11 is 11.5. The van der Waals surface area contributed by atoms with Crippen molar-refractivity contribution in [2.75, 3.05) is 0 Å². The molecule has 1 aliphatic heterocycles. The van der Waals surface area contributed by atoms with Crippen LogP contribution in [0.1, 0.15) is 12.8 Å². The molecule has 1 aromatic carbocycles. The van der Waals surface area contributed by atoms with Gasteiger partial charge in [0, 0.05) is 6.42 Å². The summed E-state index contributed by atoms with van der Waals surface area (Å²) in [7, 11) is -4.21. The first-order valence-electron chi connectivity index (χ1n) is 5.82. The second kappa shape index (κ2) is 5.80. The van der Waals surface area contributed by atoms with E-state index in [1.165, 1.54) is 12.1 Å². The SMILES string of the molecule is NNC(=O)C1CCC(=O)N1S(=O)(=O)c1ccc(Cl)c(Cl)c1. The molecule has 2 amide bonds. The van der Waals surface area contributed by atoms with E-state index in [1.54, 1.807) is 0 Å². The van der Waals surface area contributed by atoms with Gasteiger partial charge < -0.3 is 0 Å². The number of amides is 2. The van der Waals surface area contributed by atoms with E-state index in [9.17, 15) is 18.0 Å². The maximum Gasteiger partial charge on any atom is 0.267 e. The number of carbonyl (C=O) groups is 2. The van der Waals surface area contributed by atoms with Gasteiger partial charge in [0.15, 0.2) is 0 Å². The van der Waals surface area contributed by atoms with Gasteiger partial charge in [0.1, 0.15) is 6.04 Å². The number of nitrogens with two attached hydrogens (primary N) is 1. The van der Waals surface area contributed by atoms with Crippen LogP contribution in [0, 0.1) is 0 Å². The molecule has 0 saturated carbocycles. The first-order chi connectivity index (χ1) is 9.78. The van der Waals surface area contributed by atoms with Gasteiger partial charge >= 0.3 is 0 Å². The number of hydrogen-bond acceptors (Lipinski definition) is 5. The molecule has 114 valence electrons. The molecule has 21 heavy (non-hydrogen) atoms. The van der Waals surface area contributed by atoms with Crippen molar-refractivity contribution < 1.29 is 18.0 Å². The Bertz CT molecular complexity index is 707. The Morgan fingerprint density at radius 2 is 2.00 bits per heavy atom. The first-order valence-corrected chi connectivity index (χ1v) is 8.01. The molecule has 0 spiro atoms. The van der Waals surface area contributed by atoms with Crippen molar-refractivity contribution in [2.45, 2.75) is 23.8 Å². The van der Waals surface area contributed by atoms with Gasteiger partial charge in [-0.05, 0) is 24.6 Å². The predicted molar refractivity (Wildman–Crippen MR) is 75.8 cm³/mol. The molecule has 1 aromatic rings. The van der Waals surface area contributed by atoms with E-state index in [0.717, 1.165) is 6.07 Å². The molecule has 2 rings (SSSR count). The highest BCUT2D eigenvalue weighted by molar-refractivity contribution is 7.89. The fourth-order valence-corrected chi connectivity index (χ4v) is 4.04. The van der Waals surface area contributed by atoms with E-state index >= 15 is 0 Å². The van der Waals surface area contributed by atoms with Gasteiger partial charge in [-0.25, -0.2) is 18.6 Å². The van der Waals surface area contributed by atoms with Crippen LogP contribution in [0.2, 0.25) is 10.0 Å². The zero-order valence-corrected chi connectivity index (χ0v) is 12.9. The van der Waals surface area contributed by atoms with Gasteiger partial charge in [0.05, 0.1) is 14.9 Å². The van der Waals surface area contributed by atoms with Gasteiger partial charge in [-0.1, -0.05) is 23.2 Å². The minimum absolute atomic E-state index is 0.0317. The Kier molecular flexibility index (Phi) is 4.43. The molecular weight excluding hydrogens is 341 g/mol. The van der Waals surface area contributed by atoms with Crippen LogP contribution < -0.4 is 11.3 Å². The van der Waals surface area contributed by atoms with Gasteiger partial charge in [-0.2, -0.15) is 0 Å². The van der Waals surface area contributed by atoms with Crippen molar-refractivity contribution >= 4 is 45.0 Å². The van der Waals surface area contributed by atoms with E-state index in [-0.39, 0.29) is 27.8 Å². The summed E-state index contributed by atoms with van der Waals surface area (Å²) in [5.41, 5.74) is 1.86. The van der Waals surface area contributed by atoms with Crippen LogP contribution >= 0.6 is 23.2 Å². The minimum Gasteiger partial charge on any atom is -0.292 e. The molecule has 1 saturated heterocycles. The molecule has 10 heteroatoms. The van der Waals surface area contributed by atoms with Crippen LogP contribution in [0.4, 0.5) is 0 Å². The lowest BCUT2D eigenvalue weighted by Gasteiger charge is -2.23. The molecule has 0 aromatic heterocycles. The van der Waals surface area contributed by atoms with Crippen molar-refractivity contribution in [1.29, 1.82) is 0 Å². The zero-order valence-electron chi connectivity index (χ0n) is 10.5. The maximum absolute atomic E-state index is 12.5. The molecule has 3 N–H and O–H groups in total. The van der Waals surface area contributed by atoms with E-state index in [4.69, 9.17) is 29.0 Å². The minimum atomic E-state index is -4.21. The first kappa shape index (κ1) is 16.0. The highest BCUT2D eigenvalue weighted by Crippen LogP contribution is 2.30. The predicted octanol–water partition coefficient (Wildman–Crippen LogP) is 0.663. The van der Waals surface area contributed by atoms with Crippen LogP contribution in [0.5, 0.6) is 0 Å². The van der Waals surface area contributed by atoms with Crippen LogP contribution in [-0.4, -0.2) is 30.6 Å². The fourth-order valence-electron chi connectivity index (χ4n) is 2.05. The number of nitrogens with one attached hydrogen (secondary N) is 1. The van der Waals surface area contributed by atoms with Crippen molar-refractivity contribution in [2.24, 2.45) is 5.84 Å². The lowest BCUT2D eigenvalue weighted by atomic mass is 10.2. The normalized spacial score (nSPS) is 18.9. The van der Waals surface area contributed by atoms with E-state index < -0.39 is 27.9 Å². The topological polar surface area (TPSA) is 110 Å². The van der Waals surface area contributed by atoms with Crippen LogP contribution in [0.25, 0.3) is 0 Å². The molecule has 0 radical (unpaired) electrons. The third-order valence-electron chi connectivity index (χ3n) is 3.05. The van der Waals surface area contributed by atoms with Gasteiger partial charge in [0.2, 0.25) is 5.91 Å². The highest BCUT2D eigenvalue weighted by Gasteiger charge is 2.44. The Morgan fingerprint density at radius 3 is 2.57 bits per heavy atom. The van der Waals surface area contributed by atoms with E-state index in [1.807, 2.05) is 5.43 Å². The Morgan fingerprint density at radius 1 is 1.33 bits per heavy atom. The summed E-state index contributed by atoms with van der Waals surface area (Å²) in [4.78, 5) is 23.3. The highest BCUT2D eigenvalue weighted by atomic mass is 35.5. The molecule has 0 aliphatic carbocycles. The Balaban J connectivity index is 2.48. The molecule has 1 aliphatic rings. The van der Waals surface area contributed by atoms with Crippen molar-refractivity contribution in [3.8, 4) is 0 Å². The molecule has 7 nitrogen and oxygen atoms in total.